The Kier molecular flexibility index (Phi) is 4.19. The molecule has 6 nitrogen and oxygen atoms in total. The normalized spacial score (nSPS) is 13.6. The van der Waals surface area contributed by atoms with Gasteiger partial charge >= 0.3 is 11.8 Å². The molecule has 0 spiro atoms. The lowest BCUT2D eigenvalue weighted by molar-refractivity contribution is -0.142. The van der Waals surface area contributed by atoms with Crippen LogP contribution in [0.15, 0.2) is 30.3 Å². The Hall–Kier alpha value is -1.92. The molecule has 0 bridgehead atoms. The number of benzene rings is 1. The van der Waals surface area contributed by atoms with E-state index in [4.69, 9.17) is 5.11 Å². The lowest BCUT2D eigenvalue weighted by atomic mass is 10.2. The summed E-state index contributed by atoms with van der Waals surface area (Å²) in [5, 5.41) is 22.4. The van der Waals surface area contributed by atoms with Crippen molar-refractivity contribution in [3.63, 3.8) is 0 Å². The van der Waals surface area contributed by atoms with E-state index in [1.165, 1.54) is 6.92 Å². The molecule has 1 atom stereocenters. The summed E-state index contributed by atoms with van der Waals surface area (Å²) in [7, 11) is 0. The average molecular weight is 238 g/mol. The third-order valence-corrected chi connectivity index (χ3v) is 1.93. The summed E-state index contributed by atoms with van der Waals surface area (Å²) in [5.41, 5.74) is -1.35. The molecule has 1 aromatic rings. The highest BCUT2D eigenvalue weighted by atomic mass is 16.3. The molecule has 0 saturated carbocycles. The molecule has 1 unspecified atom stereocenters. The van der Waals surface area contributed by atoms with Crippen LogP contribution in [0.3, 0.4) is 0 Å². The molecule has 0 radical (unpaired) electrons. The first-order valence-corrected chi connectivity index (χ1v) is 4.96. The van der Waals surface area contributed by atoms with Gasteiger partial charge in [-0.05, 0) is 19.1 Å². The number of rotatable bonds is 3. The topological polar surface area (TPSA) is 98.7 Å². The summed E-state index contributed by atoms with van der Waals surface area (Å²) in [4.78, 5) is 22.7. The Labute approximate surface area is 98.3 Å². The van der Waals surface area contributed by atoms with Crippen LogP contribution < -0.4 is 10.6 Å². The van der Waals surface area contributed by atoms with E-state index in [2.05, 4.69) is 5.32 Å². The van der Waals surface area contributed by atoms with E-state index in [-0.39, 0.29) is 0 Å². The van der Waals surface area contributed by atoms with E-state index in [0.29, 0.717) is 5.69 Å². The summed E-state index contributed by atoms with van der Waals surface area (Å²) in [6.07, 6.45) is 0. The molecule has 0 aromatic heterocycles. The van der Waals surface area contributed by atoms with E-state index in [0.717, 1.165) is 0 Å². The van der Waals surface area contributed by atoms with Crippen molar-refractivity contribution in [3.8, 4) is 0 Å². The van der Waals surface area contributed by atoms with Crippen molar-refractivity contribution in [1.29, 1.82) is 0 Å². The number of carbonyl (C=O) groups is 2. The van der Waals surface area contributed by atoms with Crippen LogP contribution in [0.4, 0.5) is 5.69 Å². The quantitative estimate of drug-likeness (QED) is 0.419. The first-order chi connectivity index (χ1) is 7.94. The van der Waals surface area contributed by atoms with E-state index in [1.54, 1.807) is 30.3 Å². The van der Waals surface area contributed by atoms with Crippen LogP contribution in [0.2, 0.25) is 0 Å². The van der Waals surface area contributed by atoms with Crippen molar-refractivity contribution in [3.05, 3.63) is 30.3 Å². The molecule has 0 aliphatic rings. The van der Waals surface area contributed by atoms with Gasteiger partial charge in [-0.1, -0.05) is 18.2 Å². The molecule has 6 heteroatoms. The minimum absolute atomic E-state index is 0.469. The number of nitrogens with one attached hydrogen (secondary N) is 2. The van der Waals surface area contributed by atoms with Gasteiger partial charge in [-0.3, -0.25) is 9.59 Å². The number of aliphatic hydroxyl groups is 2. The maximum absolute atomic E-state index is 11.4. The molecule has 4 N–H and O–H groups in total. The van der Waals surface area contributed by atoms with Crippen molar-refractivity contribution in [1.82, 2.24) is 5.32 Å². The van der Waals surface area contributed by atoms with Gasteiger partial charge in [-0.15, -0.1) is 0 Å². The predicted octanol–water partition coefficient (Wildman–Crippen LogP) is -0.558. The Morgan fingerprint density at radius 3 is 2.35 bits per heavy atom. The summed E-state index contributed by atoms with van der Waals surface area (Å²) in [5.74, 6) is -1.93. The van der Waals surface area contributed by atoms with Gasteiger partial charge in [-0.25, -0.2) is 0 Å². The highest BCUT2D eigenvalue weighted by Crippen LogP contribution is 2.04. The third kappa shape index (κ3) is 4.21. The molecule has 0 heterocycles. The second-order valence-electron chi connectivity index (χ2n) is 3.71. The Bertz CT molecular complexity index is 403. The molecular weight excluding hydrogens is 224 g/mol. The fourth-order valence-corrected chi connectivity index (χ4v) is 1.05. The van der Waals surface area contributed by atoms with Crippen LogP contribution in [0, 0.1) is 0 Å². The Balaban J connectivity index is 2.57. The molecule has 92 valence electrons. The lowest BCUT2D eigenvalue weighted by Crippen LogP contribution is -2.52. The Morgan fingerprint density at radius 1 is 1.24 bits per heavy atom. The van der Waals surface area contributed by atoms with E-state index in [1.807, 2.05) is 5.32 Å². The standard InChI is InChI=1S/C11H14N2O4/c1-11(17,7-14)13-10(16)9(15)12-8-5-3-2-4-6-8/h2-6,14,17H,7H2,1H3,(H,12,15)(H,13,16). The molecular formula is C11H14N2O4. The highest BCUT2D eigenvalue weighted by molar-refractivity contribution is 6.39. The summed E-state index contributed by atoms with van der Waals surface area (Å²) in [6, 6.07) is 8.42. The molecule has 0 aliphatic heterocycles. The smallest absolute Gasteiger partial charge is 0.313 e. The maximum Gasteiger partial charge on any atom is 0.313 e. The number of hydrogen-bond acceptors (Lipinski definition) is 4. The molecule has 0 aliphatic carbocycles. The van der Waals surface area contributed by atoms with E-state index < -0.39 is 24.1 Å². The number of para-hydroxylation sites is 1. The summed E-state index contributed by atoms with van der Waals surface area (Å²) >= 11 is 0. The average Bonchev–Trinajstić information content (AvgIpc) is 2.30. The van der Waals surface area contributed by atoms with Gasteiger partial charge in [0, 0.05) is 5.69 Å². The first-order valence-electron chi connectivity index (χ1n) is 4.96. The van der Waals surface area contributed by atoms with E-state index in [9.17, 15) is 14.7 Å². The van der Waals surface area contributed by atoms with Crippen molar-refractivity contribution in [2.75, 3.05) is 11.9 Å². The third-order valence-electron chi connectivity index (χ3n) is 1.93. The summed E-state index contributed by atoms with van der Waals surface area (Å²) in [6.45, 7) is 0.498. The van der Waals surface area contributed by atoms with Crippen molar-refractivity contribution >= 4 is 17.5 Å². The number of aliphatic hydroxyl groups excluding tert-OH is 1. The van der Waals surface area contributed by atoms with Crippen molar-refractivity contribution in [2.45, 2.75) is 12.6 Å². The molecule has 1 aromatic carbocycles. The van der Waals surface area contributed by atoms with Gasteiger partial charge < -0.3 is 20.8 Å². The zero-order valence-corrected chi connectivity index (χ0v) is 9.30. The monoisotopic (exact) mass is 238 g/mol. The fraction of sp³-hybridized carbons (Fsp3) is 0.273. The largest absolute Gasteiger partial charge is 0.391 e. The molecule has 17 heavy (non-hydrogen) atoms. The number of carbonyl (C=O) groups excluding carboxylic acids is 2. The van der Waals surface area contributed by atoms with Gasteiger partial charge in [0.25, 0.3) is 0 Å². The van der Waals surface area contributed by atoms with E-state index >= 15 is 0 Å². The van der Waals surface area contributed by atoms with Gasteiger partial charge in [0.2, 0.25) is 0 Å². The van der Waals surface area contributed by atoms with Gasteiger partial charge in [0.15, 0.2) is 5.72 Å². The number of anilines is 1. The van der Waals surface area contributed by atoms with Crippen LogP contribution in [-0.4, -0.2) is 34.4 Å². The fourth-order valence-electron chi connectivity index (χ4n) is 1.05. The molecule has 1 rings (SSSR count). The van der Waals surface area contributed by atoms with Gasteiger partial charge in [0.05, 0.1) is 6.61 Å². The van der Waals surface area contributed by atoms with Crippen LogP contribution >= 0.6 is 0 Å². The predicted molar refractivity (Wildman–Crippen MR) is 60.9 cm³/mol. The zero-order valence-electron chi connectivity index (χ0n) is 9.30. The maximum atomic E-state index is 11.4. The zero-order chi connectivity index (χ0) is 12.9. The van der Waals surface area contributed by atoms with Crippen LogP contribution in [0.1, 0.15) is 6.92 Å². The lowest BCUT2D eigenvalue weighted by Gasteiger charge is -2.21. The second kappa shape index (κ2) is 5.42. The highest BCUT2D eigenvalue weighted by Gasteiger charge is 2.25. The van der Waals surface area contributed by atoms with Crippen LogP contribution in [0.25, 0.3) is 0 Å². The van der Waals surface area contributed by atoms with Crippen molar-refractivity contribution < 1.29 is 19.8 Å². The minimum Gasteiger partial charge on any atom is -0.391 e. The van der Waals surface area contributed by atoms with Crippen LogP contribution in [-0.2, 0) is 9.59 Å². The first kappa shape index (κ1) is 13.1. The SMILES string of the molecule is CC(O)(CO)NC(=O)C(=O)Nc1ccccc1. The number of amides is 2. The van der Waals surface area contributed by atoms with Crippen LogP contribution in [0.5, 0.6) is 0 Å². The van der Waals surface area contributed by atoms with Gasteiger partial charge in [-0.2, -0.15) is 0 Å². The summed E-state index contributed by atoms with van der Waals surface area (Å²) < 4.78 is 0. The second-order valence-corrected chi connectivity index (χ2v) is 3.71. The van der Waals surface area contributed by atoms with Gasteiger partial charge in [0.1, 0.15) is 0 Å². The Morgan fingerprint density at radius 2 is 1.82 bits per heavy atom. The van der Waals surface area contributed by atoms with Crippen molar-refractivity contribution in [2.24, 2.45) is 0 Å². The molecule has 2 amide bonds. The molecule has 0 fully saturated rings. The minimum atomic E-state index is -1.81. The molecule has 0 saturated heterocycles. The number of hydrogen-bond donors (Lipinski definition) is 4.